The van der Waals surface area contributed by atoms with E-state index in [0.29, 0.717) is 36.8 Å². The van der Waals surface area contributed by atoms with E-state index in [9.17, 15) is 12.8 Å². The van der Waals surface area contributed by atoms with Crippen molar-refractivity contribution in [3.8, 4) is 0 Å². The highest BCUT2D eigenvalue weighted by molar-refractivity contribution is 7.89. The van der Waals surface area contributed by atoms with Crippen LogP contribution in [0.25, 0.3) is 0 Å². The molecule has 0 saturated carbocycles. The molecule has 2 aromatic rings. The van der Waals surface area contributed by atoms with Crippen LogP contribution in [0, 0.1) is 12.7 Å². The van der Waals surface area contributed by atoms with Crippen molar-refractivity contribution in [3.05, 3.63) is 64.4 Å². The Morgan fingerprint density at radius 1 is 1.04 bits per heavy atom. The standard InChI is InChI=1S/C18H20ClFN2O2S/c1-14-12-17(6-7-18(14)20)25(23,24)22-10-8-21(9-11-22)13-15-2-4-16(19)5-3-15/h2-7,12H,8-11,13H2,1H3. The summed E-state index contributed by atoms with van der Waals surface area (Å²) >= 11 is 5.89. The lowest BCUT2D eigenvalue weighted by Crippen LogP contribution is -2.48. The van der Waals surface area contributed by atoms with Crippen molar-refractivity contribution in [1.29, 1.82) is 0 Å². The van der Waals surface area contributed by atoms with Crippen molar-refractivity contribution in [3.63, 3.8) is 0 Å². The molecule has 0 amide bonds. The van der Waals surface area contributed by atoms with Crippen molar-refractivity contribution in [2.75, 3.05) is 26.2 Å². The van der Waals surface area contributed by atoms with Gasteiger partial charge in [-0.1, -0.05) is 23.7 Å². The highest BCUT2D eigenvalue weighted by Crippen LogP contribution is 2.21. The quantitative estimate of drug-likeness (QED) is 0.814. The maximum atomic E-state index is 13.4. The molecular formula is C18H20ClFN2O2S. The van der Waals surface area contributed by atoms with Crippen LogP contribution in [0.3, 0.4) is 0 Å². The number of benzene rings is 2. The molecule has 1 fully saturated rings. The molecule has 1 aliphatic heterocycles. The molecule has 0 bridgehead atoms. The third-order valence-corrected chi connectivity index (χ3v) is 6.56. The van der Waals surface area contributed by atoms with Gasteiger partial charge in [0.2, 0.25) is 10.0 Å². The van der Waals surface area contributed by atoms with Gasteiger partial charge in [-0.05, 0) is 48.4 Å². The van der Waals surface area contributed by atoms with Gasteiger partial charge in [-0.3, -0.25) is 4.90 Å². The fourth-order valence-electron chi connectivity index (χ4n) is 2.90. The second-order valence-electron chi connectivity index (χ2n) is 6.22. The van der Waals surface area contributed by atoms with Gasteiger partial charge in [0.25, 0.3) is 0 Å². The molecule has 1 aliphatic rings. The SMILES string of the molecule is Cc1cc(S(=O)(=O)N2CCN(Cc3ccc(Cl)cc3)CC2)ccc1F. The summed E-state index contributed by atoms with van der Waals surface area (Å²) in [6.45, 7) is 4.49. The summed E-state index contributed by atoms with van der Waals surface area (Å²) in [6, 6.07) is 11.6. The van der Waals surface area contributed by atoms with Crippen LogP contribution in [-0.4, -0.2) is 43.8 Å². The molecule has 7 heteroatoms. The molecule has 0 aliphatic carbocycles. The number of rotatable bonds is 4. The minimum Gasteiger partial charge on any atom is -0.296 e. The first-order valence-electron chi connectivity index (χ1n) is 8.09. The Morgan fingerprint density at radius 3 is 2.28 bits per heavy atom. The van der Waals surface area contributed by atoms with Crippen LogP contribution in [0.15, 0.2) is 47.4 Å². The third kappa shape index (κ3) is 4.20. The summed E-state index contributed by atoms with van der Waals surface area (Å²) in [5, 5.41) is 0.703. The molecular weight excluding hydrogens is 363 g/mol. The highest BCUT2D eigenvalue weighted by Gasteiger charge is 2.28. The van der Waals surface area contributed by atoms with Crippen LogP contribution in [0.2, 0.25) is 5.02 Å². The lowest BCUT2D eigenvalue weighted by atomic mass is 10.2. The lowest BCUT2D eigenvalue weighted by molar-refractivity contribution is 0.181. The van der Waals surface area contributed by atoms with Crippen LogP contribution >= 0.6 is 11.6 Å². The molecule has 4 nitrogen and oxygen atoms in total. The molecule has 0 radical (unpaired) electrons. The first kappa shape index (κ1) is 18.3. The van der Waals surface area contributed by atoms with Crippen molar-refractivity contribution in [2.45, 2.75) is 18.4 Å². The first-order valence-corrected chi connectivity index (χ1v) is 9.91. The van der Waals surface area contributed by atoms with E-state index >= 15 is 0 Å². The Morgan fingerprint density at radius 2 is 1.68 bits per heavy atom. The zero-order valence-corrected chi connectivity index (χ0v) is 15.5. The summed E-state index contributed by atoms with van der Waals surface area (Å²) < 4.78 is 40.3. The zero-order chi connectivity index (χ0) is 18.0. The summed E-state index contributed by atoms with van der Waals surface area (Å²) in [6.07, 6.45) is 0. The smallest absolute Gasteiger partial charge is 0.243 e. The van der Waals surface area contributed by atoms with E-state index < -0.39 is 15.8 Å². The predicted molar refractivity (Wildman–Crippen MR) is 96.6 cm³/mol. The second-order valence-corrected chi connectivity index (χ2v) is 8.59. The molecule has 1 saturated heterocycles. The zero-order valence-electron chi connectivity index (χ0n) is 14.0. The van der Waals surface area contributed by atoms with Gasteiger partial charge >= 0.3 is 0 Å². The van der Waals surface area contributed by atoms with Crippen molar-refractivity contribution >= 4 is 21.6 Å². The van der Waals surface area contributed by atoms with Gasteiger partial charge in [0.15, 0.2) is 0 Å². The minimum atomic E-state index is -3.58. The fraction of sp³-hybridized carbons (Fsp3) is 0.333. The van der Waals surface area contributed by atoms with Crippen molar-refractivity contribution < 1.29 is 12.8 Å². The highest BCUT2D eigenvalue weighted by atomic mass is 35.5. The number of piperazine rings is 1. The Bertz CT molecular complexity index is 848. The van der Waals surface area contributed by atoms with Crippen LogP contribution < -0.4 is 0 Å². The summed E-state index contributed by atoms with van der Waals surface area (Å²) in [4.78, 5) is 2.36. The molecule has 0 spiro atoms. The number of aryl methyl sites for hydroxylation is 1. The van der Waals surface area contributed by atoms with Crippen LogP contribution in [0.4, 0.5) is 4.39 Å². The van der Waals surface area contributed by atoms with E-state index in [4.69, 9.17) is 11.6 Å². The molecule has 0 unspecified atom stereocenters. The third-order valence-electron chi connectivity index (χ3n) is 4.42. The number of hydrogen-bond acceptors (Lipinski definition) is 3. The van der Waals surface area contributed by atoms with Gasteiger partial charge in [-0.25, -0.2) is 12.8 Å². The van der Waals surface area contributed by atoms with Gasteiger partial charge in [0.05, 0.1) is 4.90 Å². The maximum Gasteiger partial charge on any atom is 0.243 e. The molecule has 134 valence electrons. The van der Waals surface area contributed by atoms with Crippen molar-refractivity contribution in [2.24, 2.45) is 0 Å². The second kappa shape index (κ2) is 7.41. The van der Waals surface area contributed by atoms with Gasteiger partial charge < -0.3 is 0 Å². The van der Waals surface area contributed by atoms with E-state index in [2.05, 4.69) is 4.90 Å². The first-order chi connectivity index (χ1) is 11.9. The molecule has 3 rings (SSSR count). The molecule has 0 atom stereocenters. The summed E-state index contributed by atoms with van der Waals surface area (Å²) in [5.74, 6) is -0.397. The lowest BCUT2D eigenvalue weighted by Gasteiger charge is -2.34. The van der Waals surface area contributed by atoms with E-state index in [0.717, 1.165) is 12.1 Å². The Balaban J connectivity index is 1.64. The predicted octanol–water partition coefficient (Wildman–Crippen LogP) is 3.29. The largest absolute Gasteiger partial charge is 0.296 e. The monoisotopic (exact) mass is 382 g/mol. The average molecular weight is 383 g/mol. The van der Waals surface area contributed by atoms with E-state index in [1.54, 1.807) is 6.92 Å². The number of hydrogen-bond donors (Lipinski definition) is 0. The number of sulfonamides is 1. The average Bonchev–Trinajstić information content (AvgIpc) is 2.60. The van der Waals surface area contributed by atoms with Crippen LogP contribution in [-0.2, 0) is 16.6 Å². The maximum absolute atomic E-state index is 13.4. The summed E-state index contributed by atoms with van der Waals surface area (Å²) in [7, 11) is -3.58. The van der Waals surface area contributed by atoms with Crippen LogP contribution in [0.1, 0.15) is 11.1 Å². The Hall–Kier alpha value is -1.47. The van der Waals surface area contributed by atoms with E-state index in [-0.39, 0.29) is 4.90 Å². The van der Waals surface area contributed by atoms with Crippen LogP contribution in [0.5, 0.6) is 0 Å². The topological polar surface area (TPSA) is 40.6 Å². The van der Waals surface area contributed by atoms with Crippen molar-refractivity contribution in [1.82, 2.24) is 9.21 Å². The fourth-order valence-corrected chi connectivity index (χ4v) is 4.54. The molecule has 0 aromatic heterocycles. The molecule has 0 N–H and O–H groups in total. The number of halogens is 2. The van der Waals surface area contributed by atoms with Gasteiger partial charge in [-0.15, -0.1) is 0 Å². The summed E-state index contributed by atoms with van der Waals surface area (Å²) in [5.41, 5.74) is 1.48. The Kier molecular flexibility index (Phi) is 5.43. The molecule has 2 aromatic carbocycles. The van der Waals surface area contributed by atoms with Gasteiger partial charge in [-0.2, -0.15) is 4.31 Å². The van der Waals surface area contributed by atoms with Gasteiger partial charge in [0.1, 0.15) is 5.82 Å². The van der Waals surface area contributed by atoms with E-state index in [1.165, 1.54) is 22.5 Å². The minimum absolute atomic E-state index is 0.151. The Labute approximate surface area is 152 Å². The number of nitrogens with zero attached hydrogens (tertiary/aromatic N) is 2. The van der Waals surface area contributed by atoms with Gasteiger partial charge in [0, 0.05) is 37.7 Å². The molecule has 1 heterocycles. The van der Waals surface area contributed by atoms with E-state index in [1.807, 2.05) is 24.3 Å². The molecule has 25 heavy (non-hydrogen) atoms. The normalized spacial score (nSPS) is 16.9.